The van der Waals surface area contributed by atoms with Gasteiger partial charge in [0, 0.05) is 43.6 Å². The summed E-state index contributed by atoms with van der Waals surface area (Å²) in [5.41, 5.74) is 2.04. The maximum Gasteiger partial charge on any atom is 0.244 e. The fraction of sp³-hybridized carbons (Fsp3) is 0.500. The van der Waals surface area contributed by atoms with Crippen LogP contribution in [0.5, 0.6) is 0 Å². The Morgan fingerprint density at radius 1 is 1.03 bits per heavy atom. The van der Waals surface area contributed by atoms with Crippen molar-refractivity contribution in [2.75, 3.05) is 31.5 Å². The number of amides is 1. The number of pyridine rings is 1. The highest BCUT2D eigenvalue weighted by Gasteiger charge is 2.32. The van der Waals surface area contributed by atoms with Gasteiger partial charge in [0.15, 0.2) is 0 Å². The van der Waals surface area contributed by atoms with E-state index in [9.17, 15) is 13.2 Å². The van der Waals surface area contributed by atoms with Crippen LogP contribution in [0.15, 0.2) is 53.7 Å². The van der Waals surface area contributed by atoms with Gasteiger partial charge in [-0.25, -0.2) is 8.42 Å². The summed E-state index contributed by atoms with van der Waals surface area (Å²) in [7, 11) is -3.56. The van der Waals surface area contributed by atoms with E-state index < -0.39 is 10.0 Å². The van der Waals surface area contributed by atoms with E-state index in [-0.39, 0.29) is 16.7 Å². The van der Waals surface area contributed by atoms with Crippen molar-refractivity contribution in [2.45, 2.75) is 44.0 Å². The number of aromatic nitrogens is 1. The molecule has 0 saturated carbocycles. The Hall–Kier alpha value is -2.29. The van der Waals surface area contributed by atoms with Gasteiger partial charge < -0.3 is 5.32 Å². The molecule has 172 valence electrons. The van der Waals surface area contributed by atoms with Gasteiger partial charge in [0.2, 0.25) is 15.9 Å². The van der Waals surface area contributed by atoms with E-state index in [1.165, 1.54) is 28.9 Å². The highest BCUT2D eigenvalue weighted by Crippen LogP contribution is 2.25. The van der Waals surface area contributed by atoms with Crippen molar-refractivity contribution in [3.05, 3.63) is 54.4 Å². The molecule has 2 saturated heterocycles. The second kappa shape index (κ2) is 10.1. The monoisotopic (exact) mass is 456 g/mol. The van der Waals surface area contributed by atoms with Crippen molar-refractivity contribution in [3.63, 3.8) is 0 Å². The fourth-order valence-corrected chi connectivity index (χ4v) is 5.86. The summed E-state index contributed by atoms with van der Waals surface area (Å²) in [5, 5.41) is 3.00. The van der Waals surface area contributed by atoms with Crippen molar-refractivity contribution in [2.24, 2.45) is 11.8 Å². The van der Waals surface area contributed by atoms with Crippen molar-refractivity contribution in [1.29, 1.82) is 0 Å². The second-order valence-electron chi connectivity index (χ2n) is 9.01. The average molecular weight is 457 g/mol. The lowest BCUT2D eigenvalue weighted by molar-refractivity contribution is -0.120. The average Bonchev–Trinajstić information content (AvgIpc) is 2.82. The maximum atomic E-state index is 12.7. The molecule has 0 radical (unpaired) electrons. The van der Waals surface area contributed by atoms with Gasteiger partial charge in [0.25, 0.3) is 0 Å². The van der Waals surface area contributed by atoms with Gasteiger partial charge >= 0.3 is 0 Å². The molecule has 4 rings (SSSR count). The van der Waals surface area contributed by atoms with Gasteiger partial charge in [-0.3, -0.25) is 14.7 Å². The smallest absolute Gasteiger partial charge is 0.244 e. The Kier molecular flexibility index (Phi) is 7.23. The number of carbonyl (C=O) groups is 1. The third-order valence-corrected chi connectivity index (χ3v) is 8.48. The number of anilines is 1. The molecule has 0 spiro atoms. The summed E-state index contributed by atoms with van der Waals surface area (Å²) < 4.78 is 26.9. The molecule has 8 heteroatoms. The number of carbonyl (C=O) groups excluding carboxylic acids is 1. The minimum Gasteiger partial charge on any atom is -0.326 e. The van der Waals surface area contributed by atoms with E-state index in [4.69, 9.17) is 0 Å². The number of nitrogens with zero attached hydrogens (tertiary/aromatic N) is 3. The second-order valence-corrected chi connectivity index (χ2v) is 10.9. The normalized spacial score (nSPS) is 19.7. The number of hydrogen-bond acceptors (Lipinski definition) is 5. The van der Waals surface area contributed by atoms with Gasteiger partial charge in [-0.1, -0.05) is 19.1 Å². The molecular formula is C24H32N4O3S. The summed E-state index contributed by atoms with van der Waals surface area (Å²) in [6.45, 7) is 6.23. The molecule has 0 atom stereocenters. The number of piperidine rings is 2. The largest absolute Gasteiger partial charge is 0.326 e. The van der Waals surface area contributed by atoms with E-state index in [0.717, 1.165) is 31.2 Å². The maximum absolute atomic E-state index is 12.7. The van der Waals surface area contributed by atoms with Crippen LogP contribution in [-0.4, -0.2) is 54.7 Å². The van der Waals surface area contributed by atoms with Crippen LogP contribution in [0.25, 0.3) is 0 Å². The van der Waals surface area contributed by atoms with Crippen LogP contribution in [0.2, 0.25) is 0 Å². The van der Waals surface area contributed by atoms with Gasteiger partial charge in [0.1, 0.15) is 4.90 Å². The van der Waals surface area contributed by atoms with Crippen LogP contribution < -0.4 is 5.32 Å². The molecule has 1 N–H and O–H groups in total. The molecular weight excluding hydrogens is 424 g/mol. The molecule has 7 nitrogen and oxygen atoms in total. The van der Waals surface area contributed by atoms with E-state index >= 15 is 0 Å². The van der Waals surface area contributed by atoms with E-state index in [1.807, 2.05) is 12.1 Å². The van der Waals surface area contributed by atoms with Crippen LogP contribution in [0.4, 0.5) is 5.69 Å². The summed E-state index contributed by atoms with van der Waals surface area (Å²) in [4.78, 5) is 19.3. The highest BCUT2D eigenvalue weighted by molar-refractivity contribution is 7.89. The summed E-state index contributed by atoms with van der Waals surface area (Å²) in [6.07, 6.45) is 6.46. The lowest BCUT2D eigenvalue weighted by Crippen LogP contribution is -2.41. The zero-order valence-corrected chi connectivity index (χ0v) is 19.4. The first-order chi connectivity index (χ1) is 15.4. The predicted octanol–water partition coefficient (Wildman–Crippen LogP) is 3.35. The molecule has 1 amide bonds. The van der Waals surface area contributed by atoms with Crippen molar-refractivity contribution < 1.29 is 13.2 Å². The van der Waals surface area contributed by atoms with Crippen LogP contribution in [0, 0.1) is 11.8 Å². The standard InChI is InChI=1S/C24H32N4O3S/c1-19-8-13-27(14-9-19)18-20-4-6-22(7-5-20)26-24(29)21-10-15-28(16-11-21)32(30,31)23-3-2-12-25-17-23/h2-7,12,17,19,21H,8-11,13-16,18H2,1H3,(H,26,29). The zero-order valence-electron chi connectivity index (χ0n) is 18.6. The first-order valence-electron chi connectivity index (χ1n) is 11.4. The number of likely N-dealkylation sites (tertiary alicyclic amines) is 1. The predicted molar refractivity (Wildman–Crippen MR) is 124 cm³/mol. The fourth-order valence-electron chi connectivity index (χ4n) is 4.42. The first-order valence-corrected chi connectivity index (χ1v) is 12.9. The van der Waals surface area contributed by atoms with Crippen LogP contribution >= 0.6 is 0 Å². The minimum atomic E-state index is -3.56. The highest BCUT2D eigenvalue weighted by atomic mass is 32.2. The lowest BCUT2D eigenvalue weighted by atomic mass is 9.97. The number of sulfonamides is 1. The molecule has 2 aliphatic heterocycles. The molecule has 2 aliphatic rings. The van der Waals surface area contributed by atoms with E-state index in [0.29, 0.717) is 25.9 Å². The Morgan fingerprint density at radius 2 is 1.72 bits per heavy atom. The molecule has 2 aromatic rings. The van der Waals surface area contributed by atoms with Crippen molar-refractivity contribution >= 4 is 21.6 Å². The molecule has 0 bridgehead atoms. The molecule has 1 aromatic carbocycles. The third-order valence-electron chi connectivity index (χ3n) is 6.60. The van der Waals surface area contributed by atoms with Crippen molar-refractivity contribution in [3.8, 4) is 0 Å². The Balaban J connectivity index is 1.27. The Labute approximate surface area is 190 Å². The number of rotatable bonds is 6. The summed E-state index contributed by atoms with van der Waals surface area (Å²) in [6, 6.07) is 11.2. The SMILES string of the molecule is CC1CCN(Cc2ccc(NC(=O)C3CCN(S(=O)(=O)c4cccnc4)CC3)cc2)CC1. The van der Waals surface area contributed by atoms with E-state index in [2.05, 4.69) is 34.3 Å². The Bertz CT molecular complexity index is 995. The number of benzene rings is 1. The lowest BCUT2D eigenvalue weighted by Gasteiger charge is -2.30. The molecule has 32 heavy (non-hydrogen) atoms. The van der Waals surface area contributed by atoms with Gasteiger partial charge in [-0.15, -0.1) is 0 Å². The molecule has 1 aromatic heterocycles. The number of nitrogens with one attached hydrogen (secondary N) is 1. The van der Waals surface area contributed by atoms with Gasteiger partial charge in [-0.2, -0.15) is 4.31 Å². The number of hydrogen-bond donors (Lipinski definition) is 1. The zero-order chi connectivity index (χ0) is 22.6. The van der Waals surface area contributed by atoms with Gasteiger partial charge in [0.05, 0.1) is 0 Å². The van der Waals surface area contributed by atoms with Crippen LogP contribution in [-0.2, 0) is 21.4 Å². The minimum absolute atomic E-state index is 0.0406. The topological polar surface area (TPSA) is 82.6 Å². The Morgan fingerprint density at radius 3 is 2.34 bits per heavy atom. The van der Waals surface area contributed by atoms with Crippen LogP contribution in [0.1, 0.15) is 38.2 Å². The quantitative estimate of drug-likeness (QED) is 0.721. The molecule has 2 fully saturated rings. The van der Waals surface area contributed by atoms with Crippen molar-refractivity contribution in [1.82, 2.24) is 14.2 Å². The molecule has 0 aliphatic carbocycles. The summed E-state index contributed by atoms with van der Waals surface area (Å²) >= 11 is 0. The molecule has 3 heterocycles. The van der Waals surface area contributed by atoms with E-state index in [1.54, 1.807) is 18.3 Å². The molecule has 0 unspecified atom stereocenters. The van der Waals surface area contributed by atoms with Crippen LogP contribution in [0.3, 0.4) is 0 Å². The third kappa shape index (κ3) is 5.54. The van der Waals surface area contributed by atoms with Gasteiger partial charge in [-0.05, 0) is 74.5 Å². The summed E-state index contributed by atoms with van der Waals surface area (Å²) in [5.74, 6) is 0.595. The first kappa shape index (κ1) is 22.9.